The van der Waals surface area contributed by atoms with Crippen molar-refractivity contribution in [3.63, 3.8) is 0 Å². The van der Waals surface area contributed by atoms with Gasteiger partial charge in [0.05, 0.1) is 19.1 Å². The summed E-state index contributed by atoms with van der Waals surface area (Å²) in [5, 5.41) is 8.91. The second-order valence-corrected chi connectivity index (χ2v) is 5.83. The van der Waals surface area contributed by atoms with Crippen molar-refractivity contribution in [2.24, 2.45) is 0 Å². The third-order valence-corrected chi connectivity index (χ3v) is 4.25. The van der Waals surface area contributed by atoms with Gasteiger partial charge in [0.15, 0.2) is 0 Å². The zero-order valence-electron chi connectivity index (χ0n) is 13.8. The van der Waals surface area contributed by atoms with Crippen LogP contribution < -0.4 is 9.64 Å². The van der Waals surface area contributed by atoms with Gasteiger partial charge in [-0.05, 0) is 62.1 Å². The number of carbonyl (C=O) groups is 1. The number of aromatic amines is 1. The first-order valence-electron chi connectivity index (χ1n) is 8.35. The second-order valence-electron chi connectivity index (χ2n) is 5.83. The number of nitrogens with one attached hydrogen (secondary N) is 1. The number of carbonyl (C=O) groups excluding carboxylic acids is 1. The fourth-order valence-corrected chi connectivity index (χ4v) is 3.10. The summed E-state index contributed by atoms with van der Waals surface area (Å²) >= 11 is 0. The molecule has 0 unspecified atom stereocenters. The second kappa shape index (κ2) is 7.22. The number of anilines is 1. The molecule has 1 aliphatic carbocycles. The minimum atomic E-state index is -0.0937. The average Bonchev–Trinajstić information content (AvgIpc) is 3.18. The van der Waals surface area contributed by atoms with E-state index in [-0.39, 0.29) is 5.91 Å². The number of rotatable bonds is 6. The SMILES string of the molecule is CCOc1ccc(N(CCC#N)C(=O)c2cc3c([nH]2)CCC3)cc1. The zero-order chi connectivity index (χ0) is 16.9. The highest BCUT2D eigenvalue weighted by atomic mass is 16.5. The minimum absolute atomic E-state index is 0.0937. The van der Waals surface area contributed by atoms with Gasteiger partial charge in [0.25, 0.3) is 5.91 Å². The number of fused-ring (bicyclic) bond motifs is 1. The van der Waals surface area contributed by atoms with Gasteiger partial charge in [0, 0.05) is 17.9 Å². The quantitative estimate of drug-likeness (QED) is 0.885. The number of amides is 1. The molecule has 1 aromatic carbocycles. The van der Waals surface area contributed by atoms with Gasteiger partial charge < -0.3 is 14.6 Å². The maximum Gasteiger partial charge on any atom is 0.274 e. The molecule has 1 N–H and O–H groups in total. The molecule has 3 rings (SSSR count). The summed E-state index contributed by atoms with van der Waals surface area (Å²) in [6.07, 6.45) is 3.47. The summed E-state index contributed by atoms with van der Waals surface area (Å²) in [6.45, 7) is 2.90. The predicted molar refractivity (Wildman–Crippen MR) is 92.3 cm³/mol. The van der Waals surface area contributed by atoms with Crippen molar-refractivity contribution in [2.75, 3.05) is 18.1 Å². The van der Waals surface area contributed by atoms with Crippen LogP contribution in [-0.2, 0) is 12.8 Å². The van der Waals surface area contributed by atoms with E-state index in [4.69, 9.17) is 10.00 Å². The van der Waals surface area contributed by atoms with Gasteiger partial charge in [-0.15, -0.1) is 0 Å². The van der Waals surface area contributed by atoms with Crippen LogP contribution >= 0.6 is 0 Å². The number of aryl methyl sites for hydroxylation is 2. The molecule has 0 bridgehead atoms. The van der Waals surface area contributed by atoms with Crippen LogP contribution in [0.2, 0.25) is 0 Å². The van der Waals surface area contributed by atoms with Crippen molar-refractivity contribution in [3.05, 3.63) is 47.3 Å². The van der Waals surface area contributed by atoms with Crippen LogP contribution in [0.1, 0.15) is 41.5 Å². The number of H-pyrrole nitrogens is 1. The fourth-order valence-electron chi connectivity index (χ4n) is 3.10. The van der Waals surface area contributed by atoms with Crippen molar-refractivity contribution in [3.8, 4) is 11.8 Å². The van der Waals surface area contributed by atoms with Gasteiger partial charge in [-0.25, -0.2) is 0 Å². The number of hydrogen-bond acceptors (Lipinski definition) is 3. The molecule has 1 aromatic heterocycles. The Hall–Kier alpha value is -2.74. The smallest absolute Gasteiger partial charge is 0.274 e. The van der Waals surface area contributed by atoms with Crippen LogP contribution in [0.5, 0.6) is 5.75 Å². The molecule has 0 aliphatic heterocycles. The molecule has 0 spiro atoms. The first-order valence-corrected chi connectivity index (χ1v) is 8.35. The van der Waals surface area contributed by atoms with Crippen LogP contribution in [-0.4, -0.2) is 24.0 Å². The van der Waals surface area contributed by atoms with E-state index in [9.17, 15) is 4.79 Å². The standard InChI is InChI=1S/C19H21N3O2/c1-2-24-16-9-7-15(8-10-16)22(12-4-11-20)19(23)18-13-14-5-3-6-17(14)21-18/h7-10,13,21H,2-6,12H2,1H3. The van der Waals surface area contributed by atoms with E-state index in [2.05, 4.69) is 11.1 Å². The largest absolute Gasteiger partial charge is 0.494 e. The average molecular weight is 323 g/mol. The summed E-state index contributed by atoms with van der Waals surface area (Å²) in [4.78, 5) is 17.8. The van der Waals surface area contributed by atoms with Gasteiger partial charge in [0.1, 0.15) is 11.4 Å². The highest BCUT2D eigenvalue weighted by Gasteiger charge is 2.22. The van der Waals surface area contributed by atoms with E-state index in [0.717, 1.165) is 30.7 Å². The fraction of sp³-hybridized carbons (Fsp3) is 0.368. The Labute approximate surface area is 141 Å². The van der Waals surface area contributed by atoms with Crippen LogP contribution in [0.3, 0.4) is 0 Å². The zero-order valence-corrected chi connectivity index (χ0v) is 13.8. The Morgan fingerprint density at radius 2 is 2.12 bits per heavy atom. The molecule has 2 aromatic rings. The van der Waals surface area contributed by atoms with E-state index < -0.39 is 0 Å². The Morgan fingerprint density at radius 1 is 1.33 bits per heavy atom. The number of hydrogen-bond donors (Lipinski definition) is 1. The maximum absolute atomic E-state index is 12.9. The molecule has 0 fully saturated rings. The lowest BCUT2D eigenvalue weighted by atomic mass is 10.2. The van der Waals surface area contributed by atoms with E-state index in [1.165, 1.54) is 11.3 Å². The highest BCUT2D eigenvalue weighted by molar-refractivity contribution is 6.05. The molecule has 5 nitrogen and oxygen atoms in total. The number of nitrogens with zero attached hydrogens (tertiary/aromatic N) is 2. The molecule has 1 aliphatic rings. The van der Waals surface area contributed by atoms with Gasteiger partial charge in [0.2, 0.25) is 0 Å². The summed E-state index contributed by atoms with van der Waals surface area (Å²) in [5.41, 5.74) is 3.79. The lowest BCUT2D eigenvalue weighted by Gasteiger charge is -2.21. The Balaban J connectivity index is 1.84. The molecular weight excluding hydrogens is 302 g/mol. The van der Waals surface area contributed by atoms with Crippen molar-refractivity contribution >= 4 is 11.6 Å². The normalized spacial score (nSPS) is 12.5. The monoisotopic (exact) mass is 323 g/mol. The topological polar surface area (TPSA) is 69.1 Å². The molecule has 0 atom stereocenters. The first kappa shape index (κ1) is 16.1. The van der Waals surface area contributed by atoms with Gasteiger partial charge in [-0.2, -0.15) is 5.26 Å². The molecule has 1 heterocycles. The van der Waals surface area contributed by atoms with Crippen molar-refractivity contribution < 1.29 is 9.53 Å². The Morgan fingerprint density at radius 3 is 2.79 bits per heavy atom. The van der Waals surface area contributed by atoms with E-state index in [1.54, 1.807) is 4.90 Å². The lowest BCUT2D eigenvalue weighted by molar-refractivity contribution is 0.0983. The molecule has 1 amide bonds. The maximum atomic E-state index is 12.9. The van der Waals surface area contributed by atoms with Crippen LogP contribution in [0.25, 0.3) is 0 Å². The molecule has 124 valence electrons. The minimum Gasteiger partial charge on any atom is -0.494 e. The van der Waals surface area contributed by atoms with Crippen molar-refractivity contribution in [2.45, 2.75) is 32.6 Å². The van der Waals surface area contributed by atoms with Gasteiger partial charge >= 0.3 is 0 Å². The molecule has 0 saturated carbocycles. The molecule has 0 saturated heterocycles. The van der Waals surface area contributed by atoms with E-state index in [1.807, 2.05) is 37.3 Å². The summed E-state index contributed by atoms with van der Waals surface area (Å²) in [6, 6.07) is 11.5. The summed E-state index contributed by atoms with van der Waals surface area (Å²) in [5.74, 6) is 0.677. The molecule has 24 heavy (non-hydrogen) atoms. The number of aromatic nitrogens is 1. The number of benzene rings is 1. The van der Waals surface area contributed by atoms with Crippen molar-refractivity contribution in [1.29, 1.82) is 5.26 Å². The predicted octanol–water partition coefficient (Wildman–Crippen LogP) is 3.46. The third kappa shape index (κ3) is 3.28. The van der Waals surface area contributed by atoms with Crippen LogP contribution in [0.15, 0.2) is 30.3 Å². The molecule has 0 radical (unpaired) electrons. The Kier molecular flexibility index (Phi) is 4.85. The van der Waals surface area contributed by atoms with Gasteiger partial charge in [-0.1, -0.05) is 0 Å². The van der Waals surface area contributed by atoms with Crippen molar-refractivity contribution in [1.82, 2.24) is 4.98 Å². The van der Waals surface area contributed by atoms with E-state index in [0.29, 0.717) is 25.3 Å². The summed E-state index contributed by atoms with van der Waals surface area (Å²) in [7, 11) is 0. The highest BCUT2D eigenvalue weighted by Crippen LogP contribution is 2.25. The van der Waals surface area contributed by atoms with Crippen LogP contribution in [0.4, 0.5) is 5.69 Å². The van der Waals surface area contributed by atoms with Gasteiger partial charge in [-0.3, -0.25) is 4.79 Å². The molecular formula is C19H21N3O2. The summed E-state index contributed by atoms with van der Waals surface area (Å²) < 4.78 is 5.45. The van der Waals surface area contributed by atoms with E-state index >= 15 is 0 Å². The lowest BCUT2D eigenvalue weighted by Crippen LogP contribution is -2.32. The molecule has 5 heteroatoms. The number of ether oxygens (including phenoxy) is 1. The number of nitriles is 1. The third-order valence-electron chi connectivity index (χ3n) is 4.25. The van der Waals surface area contributed by atoms with Crippen LogP contribution in [0, 0.1) is 11.3 Å². The Bertz CT molecular complexity index is 734. The first-order chi connectivity index (χ1) is 11.7.